The van der Waals surface area contributed by atoms with Crippen LogP contribution in [0.5, 0.6) is 11.5 Å². The van der Waals surface area contributed by atoms with Crippen molar-refractivity contribution in [1.29, 1.82) is 5.26 Å². The molecule has 0 bridgehead atoms. The quantitative estimate of drug-likeness (QED) is 0.140. The van der Waals surface area contributed by atoms with Crippen molar-refractivity contribution in [2.75, 3.05) is 70.8 Å². The molecule has 6 rings (SSSR count). The number of nitriles is 1. The van der Waals surface area contributed by atoms with Gasteiger partial charge in [-0.05, 0) is 60.0 Å². The average Bonchev–Trinajstić information content (AvgIpc) is 3.52. The normalized spacial score (nSPS) is 13.5. The standard InChI is InChI=1S/C37H40N8O2S/c1-43(2)36-32(25-38)34(28-7-4-9-30(23-28)46-3)35(48-36)33-13-16-40-37(42-33)41-29-8-5-10-31(24-29)47-22-6-17-44-18-20-45(21-19-44)26-27-11-14-39-15-12-27/h4-5,7-16,23-24H,6,17-22,26H2,1-3H3,(H,40,41,42). The fourth-order valence-corrected chi connectivity index (χ4v) is 6.97. The molecule has 0 saturated carbocycles. The number of rotatable bonds is 13. The van der Waals surface area contributed by atoms with Crippen LogP contribution in [-0.2, 0) is 6.54 Å². The molecule has 1 aliphatic heterocycles. The van der Waals surface area contributed by atoms with Crippen LogP contribution in [0.4, 0.5) is 16.6 Å². The topological polar surface area (TPSA) is 103 Å². The van der Waals surface area contributed by atoms with Crippen molar-refractivity contribution < 1.29 is 9.47 Å². The van der Waals surface area contributed by atoms with Crippen LogP contribution >= 0.6 is 11.3 Å². The summed E-state index contributed by atoms with van der Waals surface area (Å²) in [6.45, 7) is 6.95. The van der Waals surface area contributed by atoms with Gasteiger partial charge in [0.05, 0.1) is 29.9 Å². The Hall–Kier alpha value is -5.02. The van der Waals surface area contributed by atoms with Gasteiger partial charge in [0.1, 0.15) is 22.6 Å². The summed E-state index contributed by atoms with van der Waals surface area (Å²) in [5.41, 5.74) is 5.21. The highest BCUT2D eigenvalue weighted by Gasteiger charge is 2.23. The third-order valence-corrected chi connectivity index (χ3v) is 9.63. The molecule has 0 amide bonds. The minimum absolute atomic E-state index is 0.461. The van der Waals surface area contributed by atoms with Crippen LogP contribution in [0.25, 0.3) is 21.7 Å². The van der Waals surface area contributed by atoms with Crippen LogP contribution in [0, 0.1) is 11.3 Å². The van der Waals surface area contributed by atoms with Crippen LogP contribution < -0.4 is 19.7 Å². The van der Waals surface area contributed by atoms with Crippen molar-refractivity contribution in [2.24, 2.45) is 0 Å². The van der Waals surface area contributed by atoms with Gasteiger partial charge in [-0.1, -0.05) is 18.2 Å². The van der Waals surface area contributed by atoms with Gasteiger partial charge in [0.2, 0.25) is 5.95 Å². The van der Waals surface area contributed by atoms with E-state index in [1.807, 2.05) is 86.0 Å². The summed E-state index contributed by atoms with van der Waals surface area (Å²) < 4.78 is 11.6. The summed E-state index contributed by atoms with van der Waals surface area (Å²) in [4.78, 5) is 21.4. The maximum Gasteiger partial charge on any atom is 0.227 e. The molecule has 0 spiro atoms. The number of thiophene rings is 1. The Balaban J connectivity index is 1.07. The highest BCUT2D eigenvalue weighted by Crippen LogP contribution is 2.46. The molecule has 0 radical (unpaired) electrons. The molecule has 246 valence electrons. The summed E-state index contributed by atoms with van der Waals surface area (Å²) in [6.07, 6.45) is 6.42. The van der Waals surface area contributed by atoms with E-state index in [-0.39, 0.29) is 0 Å². The van der Waals surface area contributed by atoms with Crippen LogP contribution in [0.3, 0.4) is 0 Å². The van der Waals surface area contributed by atoms with Crippen LogP contribution in [0.2, 0.25) is 0 Å². The molecule has 1 N–H and O–H groups in total. The second-order valence-corrected chi connectivity index (χ2v) is 12.8. The Morgan fingerprint density at radius 1 is 0.938 bits per heavy atom. The molecule has 0 atom stereocenters. The average molecular weight is 661 g/mol. The molecule has 3 aromatic heterocycles. The molecule has 0 unspecified atom stereocenters. The van der Waals surface area contributed by atoms with Crippen LogP contribution in [-0.4, -0.2) is 85.3 Å². The first-order valence-corrected chi connectivity index (χ1v) is 16.9. The number of nitrogens with zero attached hydrogens (tertiary/aromatic N) is 7. The zero-order chi connectivity index (χ0) is 33.3. The monoisotopic (exact) mass is 660 g/mol. The first-order chi connectivity index (χ1) is 23.5. The van der Waals surface area contributed by atoms with Gasteiger partial charge < -0.3 is 24.6 Å². The minimum Gasteiger partial charge on any atom is -0.497 e. The van der Waals surface area contributed by atoms with Gasteiger partial charge in [0.25, 0.3) is 0 Å². The smallest absolute Gasteiger partial charge is 0.227 e. The molecule has 11 heteroatoms. The van der Waals surface area contributed by atoms with Gasteiger partial charge >= 0.3 is 0 Å². The first kappa shape index (κ1) is 32.9. The Morgan fingerprint density at radius 3 is 2.48 bits per heavy atom. The summed E-state index contributed by atoms with van der Waals surface area (Å²) in [6, 6.07) is 24.1. The van der Waals surface area contributed by atoms with Gasteiger partial charge in [-0.3, -0.25) is 9.88 Å². The van der Waals surface area contributed by atoms with Gasteiger partial charge in [0, 0.05) is 89.3 Å². The van der Waals surface area contributed by atoms with E-state index in [0.29, 0.717) is 18.1 Å². The number of anilines is 3. The molecule has 5 aromatic rings. The number of piperazine rings is 1. The molecular weight excluding hydrogens is 621 g/mol. The number of aromatic nitrogens is 3. The summed E-state index contributed by atoms with van der Waals surface area (Å²) in [7, 11) is 5.53. The lowest BCUT2D eigenvalue weighted by Crippen LogP contribution is -2.46. The van der Waals surface area contributed by atoms with Crippen LogP contribution in [0.1, 0.15) is 17.5 Å². The van der Waals surface area contributed by atoms with Crippen molar-refractivity contribution in [1.82, 2.24) is 24.8 Å². The largest absolute Gasteiger partial charge is 0.497 e. The Labute approximate surface area is 286 Å². The number of hydrogen-bond acceptors (Lipinski definition) is 11. The zero-order valence-electron chi connectivity index (χ0n) is 27.6. The van der Waals surface area contributed by atoms with E-state index in [0.717, 1.165) is 89.6 Å². The Morgan fingerprint density at radius 2 is 1.71 bits per heavy atom. The highest BCUT2D eigenvalue weighted by molar-refractivity contribution is 7.20. The molecular formula is C37H40N8O2S. The maximum atomic E-state index is 10.2. The molecule has 48 heavy (non-hydrogen) atoms. The lowest BCUT2D eigenvalue weighted by atomic mass is 10.00. The molecule has 0 aliphatic carbocycles. The molecule has 4 heterocycles. The number of nitrogens with one attached hydrogen (secondary N) is 1. The van der Waals surface area contributed by atoms with Crippen molar-refractivity contribution >= 4 is 28.0 Å². The van der Waals surface area contributed by atoms with Crippen molar-refractivity contribution in [2.45, 2.75) is 13.0 Å². The van der Waals surface area contributed by atoms with Crippen molar-refractivity contribution in [3.8, 4) is 39.3 Å². The second-order valence-electron chi connectivity index (χ2n) is 11.8. The van der Waals surface area contributed by atoms with E-state index in [9.17, 15) is 5.26 Å². The first-order valence-electron chi connectivity index (χ1n) is 16.1. The molecule has 1 aliphatic rings. The number of benzene rings is 2. The van der Waals surface area contributed by atoms with Crippen LogP contribution in [0.15, 0.2) is 85.3 Å². The Kier molecular flexibility index (Phi) is 10.8. The third kappa shape index (κ3) is 8.09. The fraction of sp³-hybridized carbons (Fsp3) is 0.297. The summed E-state index contributed by atoms with van der Waals surface area (Å²) >= 11 is 1.54. The van der Waals surface area contributed by atoms with Gasteiger partial charge in [0.15, 0.2) is 0 Å². The van der Waals surface area contributed by atoms with Crippen molar-refractivity contribution in [3.05, 3.63) is 96.4 Å². The predicted molar refractivity (Wildman–Crippen MR) is 192 cm³/mol. The van der Waals surface area contributed by atoms with Crippen molar-refractivity contribution in [3.63, 3.8) is 0 Å². The Bertz CT molecular complexity index is 1850. The van der Waals surface area contributed by atoms with Gasteiger partial charge in [-0.2, -0.15) is 5.26 Å². The maximum absolute atomic E-state index is 10.2. The molecule has 1 saturated heterocycles. The van der Waals surface area contributed by atoms with E-state index in [4.69, 9.17) is 14.5 Å². The number of pyridine rings is 1. The summed E-state index contributed by atoms with van der Waals surface area (Å²) in [5, 5.41) is 14.4. The van der Waals surface area contributed by atoms with E-state index in [1.165, 1.54) is 16.9 Å². The third-order valence-electron chi connectivity index (χ3n) is 8.25. The zero-order valence-corrected chi connectivity index (χ0v) is 28.4. The van der Waals surface area contributed by atoms with Gasteiger partial charge in [-0.25, -0.2) is 9.97 Å². The van der Waals surface area contributed by atoms with E-state index in [2.05, 4.69) is 43.3 Å². The number of ether oxygens (including phenoxy) is 2. The molecule has 10 nitrogen and oxygen atoms in total. The SMILES string of the molecule is COc1cccc(-c2c(-c3ccnc(Nc4cccc(OCCCN5CCN(Cc6ccncc6)CC5)c4)n3)sc(N(C)C)c2C#N)c1. The number of methoxy groups -OCH3 is 1. The lowest BCUT2D eigenvalue weighted by Gasteiger charge is -2.34. The van der Waals surface area contributed by atoms with Gasteiger partial charge in [-0.15, -0.1) is 11.3 Å². The van der Waals surface area contributed by atoms with E-state index < -0.39 is 0 Å². The summed E-state index contributed by atoms with van der Waals surface area (Å²) in [5.74, 6) is 1.98. The van der Waals surface area contributed by atoms with E-state index >= 15 is 0 Å². The molecule has 2 aromatic carbocycles. The second kappa shape index (κ2) is 15.7. The van der Waals surface area contributed by atoms with E-state index in [1.54, 1.807) is 13.3 Å². The molecule has 1 fully saturated rings. The number of hydrogen-bond donors (Lipinski definition) is 1. The minimum atomic E-state index is 0.461. The highest BCUT2D eigenvalue weighted by atomic mass is 32.1. The fourth-order valence-electron chi connectivity index (χ4n) is 5.81. The lowest BCUT2D eigenvalue weighted by molar-refractivity contribution is 0.121. The predicted octanol–water partition coefficient (Wildman–Crippen LogP) is 6.54.